The molecule has 0 aliphatic carbocycles. The first kappa shape index (κ1) is 31.5. The van der Waals surface area contributed by atoms with Crippen molar-refractivity contribution >= 4 is 82.5 Å². The number of hydrogen-bond donors (Lipinski definition) is 5. The Morgan fingerprint density at radius 1 is 1.00 bits per heavy atom. The third-order valence-corrected chi connectivity index (χ3v) is 4.97. The van der Waals surface area contributed by atoms with Gasteiger partial charge in [0.1, 0.15) is 5.75 Å². The molecule has 0 spiro atoms. The molecule has 0 amide bonds. The van der Waals surface area contributed by atoms with Crippen molar-refractivity contribution in [1.29, 1.82) is 0 Å². The van der Waals surface area contributed by atoms with E-state index in [0.717, 1.165) is 0 Å². The van der Waals surface area contributed by atoms with Crippen LogP contribution in [0.3, 0.4) is 0 Å². The maximum atomic E-state index is 10.8. The molecule has 2 aromatic carbocycles. The molecule has 0 bridgehead atoms. The number of anilines is 2. The minimum atomic E-state index is -0.889. The van der Waals surface area contributed by atoms with Crippen LogP contribution in [0.4, 0.5) is 11.4 Å². The first-order valence-corrected chi connectivity index (χ1v) is 9.92. The molecule has 11 heteroatoms. The minimum absolute atomic E-state index is 0. The van der Waals surface area contributed by atoms with Gasteiger partial charge in [0, 0.05) is 52.6 Å². The summed E-state index contributed by atoms with van der Waals surface area (Å²) in [7, 11) is 0. The second-order valence-corrected chi connectivity index (χ2v) is 7.28. The van der Waals surface area contributed by atoms with Crippen molar-refractivity contribution in [2.24, 2.45) is 0 Å². The molecule has 0 atom stereocenters. The maximum absolute atomic E-state index is 10.8. The van der Waals surface area contributed by atoms with E-state index in [4.69, 9.17) is 38.5 Å². The Morgan fingerprint density at radius 3 is 2.15 bits per heavy atom. The van der Waals surface area contributed by atoms with Crippen LogP contribution in [0.1, 0.15) is 22.4 Å². The number of nitrogens with one attached hydrogen (secondary N) is 1. The number of aromatic hydroxyl groups is 1. The number of aliphatic hydroxyl groups excluding tert-OH is 2. The molecule has 7 nitrogen and oxygen atoms in total. The minimum Gasteiger partial charge on any atom is -0.506 e. The van der Waals surface area contributed by atoms with Crippen LogP contribution in [0, 0.1) is 6.92 Å². The Kier molecular flexibility index (Phi) is 14.6. The van der Waals surface area contributed by atoms with Crippen LogP contribution < -0.4 is 5.32 Å². The Balaban J connectivity index is 0.000000640. The third kappa shape index (κ3) is 8.96. The molecule has 173 valence electrons. The molecule has 1 heterocycles. The van der Waals surface area contributed by atoms with E-state index < -0.39 is 5.97 Å². The van der Waals surface area contributed by atoms with E-state index in [1.807, 2.05) is 6.07 Å². The Hall–Kier alpha value is -1.55. The standard InChI is InChI=1S/C14H11Cl2NO2.C8H11NO3.ClH.Na/c15-10-5-3-6-11(16)14(10)17-12-7-2-1-4-9(12)8-13(18)19;1-5-8(12)7(4-11)6(3-10)2-9-5;;/h1-7,17H,8H2,(H,18,19);2,10-12H,3-4H2,1H3;1H;. The van der Waals surface area contributed by atoms with E-state index in [1.165, 1.54) is 6.20 Å². The van der Waals surface area contributed by atoms with Gasteiger partial charge < -0.3 is 25.7 Å². The quantitative estimate of drug-likeness (QED) is 0.301. The van der Waals surface area contributed by atoms with Crippen LogP contribution in [0.15, 0.2) is 48.7 Å². The zero-order chi connectivity index (χ0) is 23.0. The number of aromatic nitrogens is 1. The fraction of sp³-hybridized carbons (Fsp3) is 0.182. The van der Waals surface area contributed by atoms with Crippen molar-refractivity contribution < 1.29 is 25.2 Å². The topological polar surface area (TPSA) is 123 Å². The van der Waals surface area contributed by atoms with Crippen LogP contribution in [0.25, 0.3) is 0 Å². The van der Waals surface area contributed by atoms with E-state index >= 15 is 0 Å². The van der Waals surface area contributed by atoms with Gasteiger partial charge in [-0.3, -0.25) is 9.78 Å². The second-order valence-electron chi connectivity index (χ2n) is 6.46. The summed E-state index contributed by atoms with van der Waals surface area (Å²) in [5.74, 6) is -0.927. The summed E-state index contributed by atoms with van der Waals surface area (Å²) in [4.78, 5) is 14.7. The number of carboxylic acids is 1. The van der Waals surface area contributed by atoms with Gasteiger partial charge in [0.05, 0.1) is 41.1 Å². The smallest absolute Gasteiger partial charge is 0.307 e. The van der Waals surface area contributed by atoms with E-state index in [9.17, 15) is 9.90 Å². The Morgan fingerprint density at radius 2 is 1.61 bits per heavy atom. The fourth-order valence-electron chi connectivity index (χ4n) is 2.71. The fourth-order valence-corrected chi connectivity index (χ4v) is 3.20. The van der Waals surface area contributed by atoms with Crippen LogP contribution in [-0.2, 0) is 24.4 Å². The first-order chi connectivity index (χ1) is 14.8. The molecule has 0 aliphatic heterocycles. The van der Waals surface area contributed by atoms with Crippen molar-refractivity contribution in [2.75, 3.05) is 5.32 Å². The number of halogens is 3. The number of hydrogen-bond acceptors (Lipinski definition) is 6. The number of pyridine rings is 1. The van der Waals surface area contributed by atoms with E-state index in [0.29, 0.717) is 43.8 Å². The number of para-hydroxylation sites is 2. The van der Waals surface area contributed by atoms with Gasteiger partial charge in [-0.25, -0.2) is 0 Å². The van der Waals surface area contributed by atoms with Gasteiger partial charge >= 0.3 is 5.97 Å². The second kappa shape index (κ2) is 15.4. The van der Waals surface area contributed by atoms with Crippen LogP contribution in [0.2, 0.25) is 10.0 Å². The van der Waals surface area contributed by atoms with Crippen molar-refractivity contribution in [2.45, 2.75) is 26.6 Å². The number of rotatable bonds is 6. The number of aliphatic hydroxyl groups is 2. The SMILES string of the molecule is Cc1ncc(CO)c(CO)c1O.Cl.O=C(O)Cc1ccccc1Nc1c(Cl)cccc1Cl.[Na]. The van der Waals surface area contributed by atoms with E-state index in [1.54, 1.807) is 43.3 Å². The summed E-state index contributed by atoms with van der Waals surface area (Å²) in [6.45, 7) is 1.12. The van der Waals surface area contributed by atoms with Gasteiger partial charge in [-0.1, -0.05) is 47.5 Å². The molecule has 0 aliphatic rings. The van der Waals surface area contributed by atoms with Crippen LogP contribution in [0.5, 0.6) is 5.75 Å². The Labute approximate surface area is 230 Å². The van der Waals surface area contributed by atoms with Crippen molar-refractivity contribution in [3.63, 3.8) is 0 Å². The zero-order valence-corrected chi connectivity index (χ0v) is 22.4. The van der Waals surface area contributed by atoms with E-state index in [2.05, 4.69) is 10.3 Å². The van der Waals surface area contributed by atoms with Gasteiger partial charge in [-0.05, 0) is 30.7 Å². The van der Waals surface area contributed by atoms with Crippen molar-refractivity contribution in [3.05, 3.63) is 81.1 Å². The summed E-state index contributed by atoms with van der Waals surface area (Å²) in [5, 5.41) is 40.0. The Bertz CT molecular complexity index is 1050. The number of benzene rings is 2. The molecule has 3 aromatic rings. The molecule has 0 saturated carbocycles. The molecule has 0 unspecified atom stereocenters. The average molecular weight is 525 g/mol. The van der Waals surface area contributed by atoms with Gasteiger partial charge in [0.25, 0.3) is 0 Å². The molecular formula is C22H23Cl3N2NaO5. The predicted octanol–water partition coefficient (Wildman–Crippen LogP) is 4.49. The molecule has 1 radical (unpaired) electrons. The van der Waals surface area contributed by atoms with Crippen LogP contribution in [-0.4, -0.2) is 60.9 Å². The van der Waals surface area contributed by atoms with Gasteiger partial charge in [0.15, 0.2) is 0 Å². The summed E-state index contributed by atoms with van der Waals surface area (Å²) < 4.78 is 0. The summed E-state index contributed by atoms with van der Waals surface area (Å²) in [6, 6.07) is 12.3. The first-order valence-electron chi connectivity index (χ1n) is 9.17. The van der Waals surface area contributed by atoms with Crippen molar-refractivity contribution in [3.8, 4) is 5.75 Å². The molecule has 0 saturated heterocycles. The summed E-state index contributed by atoms with van der Waals surface area (Å²) >= 11 is 12.1. The summed E-state index contributed by atoms with van der Waals surface area (Å²) in [6.07, 6.45) is 1.38. The zero-order valence-electron chi connectivity index (χ0n) is 18.0. The maximum Gasteiger partial charge on any atom is 0.307 e. The number of aliphatic carboxylic acids is 1. The molecule has 33 heavy (non-hydrogen) atoms. The third-order valence-electron chi connectivity index (χ3n) is 4.34. The van der Waals surface area contributed by atoms with Gasteiger partial charge in [0.2, 0.25) is 0 Å². The van der Waals surface area contributed by atoms with Gasteiger partial charge in [-0.2, -0.15) is 0 Å². The molecule has 1 aromatic heterocycles. The average Bonchev–Trinajstić information content (AvgIpc) is 2.74. The van der Waals surface area contributed by atoms with Crippen LogP contribution >= 0.6 is 35.6 Å². The number of carbonyl (C=O) groups is 1. The molecule has 5 N–H and O–H groups in total. The summed E-state index contributed by atoms with van der Waals surface area (Å²) in [5.41, 5.74) is 3.19. The van der Waals surface area contributed by atoms with Crippen molar-refractivity contribution in [1.82, 2.24) is 4.98 Å². The number of nitrogens with zero attached hydrogens (tertiary/aromatic N) is 1. The largest absolute Gasteiger partial charge is 0.506 e. The molecular weight excluding hydrogens is 502 g/mol. The number of carboxylic acid groups (broad SMARTS) is 1. The predicted molar refractivity (Wildman–Crippen MR) is 133 cm³/mol. The molecule has 3 rings (SSSR count). The number of aryl methyl sites for hydroxylation is 1. The normalized spacial score (nSPS) is 9.61. The molecule has 0 fully saturated rings. The van der Waals surface area contributed by atoms with Gasteiger partial charge in [-0.15, -0.1) is 12.4 Å². The monoisotopic (exact) mass is 523 g/mol. The van der Waals surface area contributed by atoms with E-state index in [-0.39, 0.29) is 67.3 Å².